The van der Waals surface area contributed by atoms with E-state index >= 15 is 0 Å². The number of halogens is 3. The Hall–Kier alpha value is -3.27. The van der Waals surface area contributed by atoms with Crippen LogP contribution in [0.2, 0.25) is 0 Å². The van der Waals surface area contributed by atoms with Gasteiger partial charge in [-0.15, -0.1) is 0 Å². The molecule has 0 aliphatic carbocycles. The van der Waals surface area contributed by atoms with E-state index in [1.54, 1.807) is 6.07 Å². The Bertz CT molecular complexity index is 931. The Morgan fingerprint density at radius 1 is 1.19 bits per heavy atom. The summed E-state index contributed by atoms with van der Waals surface area (Å²) in [7, 11) is 0. The molecular weight excluding hydrogens is 367 g/mol. The zero-order chi connectivity index (χ0) is 19.8. The first-order chi connectivity index (χ1) is 12.6. The highest BCUT2D eigenvalue weighted by Crippen LogP contribution is 2.41. The molecule has 2 aromatic carbocycles. The lowest BCUT2D eigenvalue weighted by Crippen LogP contribution is -2.43. The van der Waals surface area contributed by atoms with E-state index in [0.717, 1.165) is 12.1 Å². The van der Waals surface area contributed by atoms with Crippen molar-refractivity contribution in [1.82, 2.24) is 5.01 Å². The molecule has 0 saturated heterocycles. The predicted molar refractivity (Wildman–Crippen MR) is 87.7 cm³/mol. The van der Waals surface area contributed by atoms with Crippen molar-refractivity contribution in [2.24, 2.45) is 5.10 Å². The molecule has 1 aliphatic heterocycles. The van der Waals surface area contributed by atoms with Crippen molar-refractivity contribution < 1.29 is 28.0 Å². The predicted octanol–water partition coefficient (Wildman–Crippen LogP) is 3.20. The maximum Gasteiger partial charge on any atom is 0.431 e. The number of hydrogen-bond acceptors (Lipinski definition) is 5. The molecule has 0 unspecified atom stereocenters. The van der Waals surface area contributed by atoms with Gasteiger partial charge in [0.15, 0.2) is 5.72 Å². The van der Waals surface area contributed by atoms with E-state index < -0.39 is 40.6 Å². The Kier molecular flexibility index (Phi) is 4.44. The van der Waals surface area contributed by atoms with E-state index in [0.29, 0.717) is 5.01 Å². The molecule has 10 heteroatoms. The van der Waals surface area contributed by atoms with Gasteiger partial charge in [0.25, 0.3) is 11.6 Å². The van der Waals surface area contributed by atoms with Gasteiger partial charge >= 0.3 is 6.18 Å². The summed E-state index contributed by atoms with van der Waals surface area (Å²) in [5.41, 5.74) is -4.55. The number of carbonyl (C=O) groups excluding carboxylic acids is 1. The standard InChI is InChI=1S/C17H12F3N3O4/c18-17(19,20)14-10-16(25,12-7-4-8-13(9-12)23(26)27)22(21-14)15(24)11-5-2-1-3-6-11/h1-9,25H,10H2/t16-/m0/s1. The molecule has 0 aromatic heterocycles. The third-order valence-electron chi connectivity index (χ3n) is 4.04. The summed E-state index contributed by atoms with van der Waals surface area (Å²) in [6.45, 7) is 0. The topological polar surface area (TPSA) is 96.0 Å². The van der Waals surface area contributed by atoms with Crippen LogP contribution in [0.1, 0.15) is 22.3 Å². The first-order valence-corrected chi connectivity index (χ1v) is 7.64. The van der Waals surface area contributed by atoms with Crippen molar-refractivity contribution in [3.8, 4) is 0 Å². The van der Waals surface area contributed by atoms with E-state index in [1.807, 2.05) is 0 Å². The van der Waals surface area contributed by atoms with Crippen molar-refractivity contribution in [2.75, 3.05) is 0 Å². The van der Waals surface area contributed by atoms with Crippen LogP contribution in [0.25, 0.3) is 0 Å². The molecule has 0 fully saturated rings. The summed E-state index contributed by atoms with van der Waals surface area (Å²) in [5, 5.41) is 25.5. The number of nitrogens with zero attached hydrogens (tertiary/aromatic N) is 3. The van der Waals surface area contributed by atoms with Crippen LogP contribution in [-0.4, -0.2) is 32.8 Å². The molecule has 7 nitrogen and oxygen atoms in total. The van der Waals surface area contributed by atoms with E-state index in [2.05, 4.69) is 5.10 Å². The van der Waals surface area contributed by atoms with Crippen LogP contribution in [0.4, 0.5) is 18.9 Å². The molecule has 1 amide bonds. The van der Waals surface area contributed by atoms with Gasteiger partial charge in [0.05, 0.1) is 11.3 Å². The van der Waals surface area contributed by atoms with Crippen LogP contribution in [0.3, 0.4) is 0 Å². The lowest BCUT2D eigenvalue weighted by molar-refractivity contribution is -0.385. The molecule has 0 saturated carbocycles. The van der Waals surface area contributed by atoms with Gasteiger partial charge in [-0.05, 0) is 12.1 Å². The fourth-order valence-electron chi connectivity index (χ4n) is 2.71. The Morgan fingerprint density at radius 3 is 2.44 bits per heavy atom. The molecule has 1 heterocycles. The minimum Gasteiger partial charge on any atom is -0.365 e. The van der Waals surface area contributed by atoms with Gasteiger partial charge in [-0.1, -0.05) is 30.3 Å². The zero-order valence-corrected chi connectivity index (χ0v) is 13.6. The number of nitro benzene ring substituents is 1. The largest absolute Gasteiger partial charge is 0.431 e. The van der Waals surface area contributed by atoms with Gasteiger partial charge in [-0.2, -0.15) is 23.3 Å². The molecule has 1 N–H and O–H groups in total. The Morgan fingerprint density at radius 2 is 1.85 bits per heavy atom. The third-order valence-corrected chi connectivity index (χ3v) is 4.04. The highest BCUT2D eigenvalue weighted by Gasteiger charge is 2.53. The van der Waals surface area contributed by atoms with Crippen LogP contribution in [0.15, 0.2) is 59.7 Å². The van der Waals surface area contributed by atoms with Crippen molar-refractivity contribution in [3.05, 3.63) is 75.8 Å². The number of non-ortho nitro benzene ring substituents is 1. The Balaban J connectivity index is 2.10. The normalized spacial score (nSPS) is 19.7. The van der Waals surface area contributed by atoms with Crippen LogP contribution in [-0.2, 0) is 5.72 Å². The third kappa shape index (κ3) is 3.38. The maximum atomic E-state index is 13.2. The number of benzene rings is 2. The number of carbonyl (C=O) groups is 1. The van der Waals surface area contributed by atoms with Gasteiger partial charge in [-0.25, -0.2) is 0 Å². The summed E-state index contributed by atoms with van der Waals surface area (Å²) in [6, 6.07) is 11.8. The number of aliphatic hydroxyl groups is 1. The fraction of sp³-hybridized carbons (Fsp3) is 0.176. The van der Waals surface area contributed by atoms with Gasteiger partial charge in [0, 0.05) is 23.3 Å². The van der Waals surface area contributed by atoms with Crippen LogP contribution < -0.4 is 0 Å². The molecule has 27 heavy (non-hydrogen) atoms. The second-order valence-electron chi connectivity index (χ2n) is 5.83. The summed E-state index contributed by atoms with van der Waals surface area (Å²) in [5.74, 6) is -0.969. The number of alkyl halides is 3. The quantitative estimate of drug-likeness (QED) is 0.654. The van der Waals surface area contributed by atoms with Crippen LogP contribution in [0, 0.1) is 10.1 Å². The van der Waals surface area contributed by atoms with Crippen molar-refractivity contribution in [3.63, 3.8) is 0 Å². The van der Waals surface area contributed by atoms with E-state index in [4.69, 9.17) is 0 Å². The molecule has 1 atom stereocenters. The fourth-order valence-corrected chi connectivity index (χ4v) is 2.71. The minimum absolute atomic E-state index is 0.00790. The minimum atomic E-state index is -4.87. The lowest BCUT2D eigenvalue weighted by atomic mass is 9.96. The highest BCUT2D eigenvalue weighted by atomic mass is 19.4. The Labute approximate surface area is 150 Å². The number of nitro groups is 1. The van der Waals surface area contributed by atoms with E-state index in [-0.39, 0.29) is 11.1 Å². The second kappa shape index (κ2) is 6.47. The summed E-state index contributed by atoms with van der Waals surface area (Å²) in [4.78, 5) is 22.9. The molecule has 1 aliphatic rings. The SMILES string of the molecule is O=C(c1ccccc1)N1N=C(C(F)(F)F)C[C@]1(O)c1cccc([N+](=O)[O-])c1. The number of hydrazone groups is 1. The molecule has 0 radical (unpaired) electrons. The number of rotatable bonds is 3. The smallest absolute Gasteiger partial charge is 0.365 e. The summed E-state index contributed by atoms with van der Waals surface area (Å²) < 4.78 is 39.5. The van der Waals surface area contributed by atoms with Gasteiger partial charge < -0.3 is 5.11 Å². The monoisotopic (exact) mass is 379 g/mol. The van der Waals surface area contributed by atoms with Crippen molar-refractivity contribution in [2.45, 2.75) is 18.3 Å². The maximum absolute atomic E-state index is 13.2. The number of amides is 1. The molecule has 0 bridgehead atoms. The van der Waals surface area contributed by atoms with Crippen LogP contribution in [0.5, 0.6) is 0 Å². The lowest BCUT2D eigenvalue weighted by Gasteiger charge is -2.31. The molecule has 3 rings (SSSR count). The zero-order valence-electron chi connectivity index (χ0n) is 13.6. The summed E-state index contributed by atoms with van der Waals surface area (Å²) in [6.07, 6.45) is -5.92. The average Bonchev–Trinajstić information content (AvgIpc) is 3.01. The molecule has 2 aromatic rings. The molecular formula is C17H12F3N3O4. The second-order valence-corrected chi connectivity index (χ2v) is 5.83. The van der Waals surface area contributed by atoms with Gasteiger partial charge in [-0.3, -0.25) is 14.9 Å². The van der Waals surface area contributed by atoms with Crippen molar-refractivity contribution in [1.29, 1.82) is 0 Å². The molecule has 140 valence electrons. The molecule has 0 spiro atoms. The first-order valence-electron chi connectivity index (χ1n) is 7.64. The summed E-state index contributed by atoms with van der Waals surface area (Å²) >= 11 is 0. The van der Waals surface area contributed by atoms with Gasteiger partial charge in [0.2, 0.25) is 0 Å². The van der Waals surface area contributed by atoms with Crippen molar-refractivity contribution >= 4 is 17.3 Å². The first kappa shape index (κ1) is 18.5. The van der Waals surface area contributed by atoms with Crippen LogP contribution >= 0.6 is 0 Å². The average molecular weight is 379 g/mol. The van der Waals surface area contributed by atoms with E-state index in [1.165, 1.54) is 36.4 Å². The number of hydrogen-bond donors (Lipinski definition) is 1. The van der Waals surface area contributed by atoms with E-state index in [9.17, 15) is 33.2 Å². The highest BCUT2D eigenvalue weighted by molar-refractivity contribution is 5.99. The van der Waals surface area contributed by atoms with Gasteiger partial charge in [0.1, 0.15) is 5.71 Å².